The molecule has 2 heterocycles. The molecule has 8 N–H and O–H groups in total. The molecule has 12 nitrogen and oxygen atoms in total. The van der Waals surface area contributed by atoms with Crippen molar-refractivity contribution < 1.29 is 54.7 Å². The molecule has 176 valence electrons. The van der Waals surface area contributed by atoms with Crippen molar-refractivity contribution in [2.75, 3.05) is 6.61 Å². The standard InChI is InChI=1S/C21H20O12/c22-6-12-15(27)17(29)18(30)21(32-12)33-20-16(28)13-11(4-3-9(24)14(13)26)31-19(20)7-1-2-8(23)10(25)5-7/h1-5,12,15,17-18,21-27,29-30H,6H2/t12-,15+,17+,18-,21+/m1/s1. The highest BCUT2D eigenvalue weighted by atomic mass is 16.7. The number of ether oxygens (including phenoxy) is 2. The summed E-state index contributed by atoms with van der Waals surface area (Å²) < 4.78 is 16.5. The highest BCUT2D eigenvalue weighted by Gasteiger charge is 2.45. The van der Waals surface area contributed by atoms with Crippen LogP contribution in [-0.4, -0.2) is 78.2 Å². The lowest BCUT2D eigenvalue weighted by atomic mass is 9.99. The van der Waals surface area contributed by atoms with Crippen molar-refractivity contribution in [1.82, 2.24) is 0 Å². The minimum absolute atomic E-state index is 0.0384. The molecule has 0 bridgehead atoms. The summed E-state index contributed by atoms with van der Waals surface area (Å²) in [4.78, 5) is 13.3. The molecule has 3 aromatic rings. The number of aromatic hydroxyl groups is 4. The normalized spacial score (nSPS) is 25.3. The van der Waals surface area contributed by atoms with E-state index in [-0.39, 0.29) is 16.9 Å². The summed E-state index contributed by atoms with van der Waals surface area (Å²) in [6.45, 7) is -0.746. The molecule has 0 aliphatic carbocycles. The van der Waals surface area contributed by atoms with E-state index in [0.29, 0.717) is 0 Å². The van der Waals surface area contributed by atoms with Gasteiger partial charge in [0.05, 0.1) is 6.61 Å². The molecule has 0 saturated carbocycles. The van der Waals surface area contributed by atoms with Crippen LogP contribution >= 0.6 is 0 Å². The Balaban J connectivity index is 1.91. The first-order chi connectivity index (χ1) is 15.6. The average molecular weight is 464 g/mol. The molecule has 2 aromatic carbocycles. The SMILES string of the molecule is O=c1c(O[C@@H]2O[C@H](CO)[C@H](O)[C@H](O)[C@H]2O)c(-c2ccc(O)c(O)c2)oc2ccc(O)c(O)c12. The molecule has 5 atom stereocenters. The van der Waals surface area contributed by atoms with Crippen LogP contribution in [0.4, 0.5) is 0 Å². The third kappa shape index (κ3) is 3.79. The molecule has 33 heavy (non-hydrogen) atoms. The second-order valence-electron chi connectivity index (χ2n) is 7.41. The molecule has 0 amide bonds. The average Bonchev–Trinajstić information content (AvgIpc) is 2.79. The maximum Gasteiger partial charge on any atom is 0.239 e. The Hall–Kier alpha value is -3.55. The van der Waals surface area contributed by atoms with Crippen molar-refractivity contribution in [2.24, 2.45) is 0 Å². The number of aliphatic hydroxyl groups excluding tert-OH is 4. The molecular formula is C21H20O12. The molecule has 1 aliphatic rings. The number of aliphatic hydroxyl groups is 4. The molecule has 0 unspecified atom stereocenters. The van der Waals surface area contributed by atoms with E-state index in [1.807, 2.05) is 0 Å². The van der Waals surface area contributed by atoms with Crippen LogP contribution < -0.4 is 10.2 Å². The van der Waals surface area contributed by atoms with Crippen LogP contribution in [-0.2, 0) is 4.74 Å². The van der Waals surface area contributed by atoms with E-state index in [1.54, 1.807) is 0 Å². The predicted molar refractivity (Wildman–Crippen MR) is 109 cm³/mol. The van der Waals surface area contributed by atoms with Gasteiger partial charge in [0.1, 0.15) is 35.4 Å². The van der Waals surface area contributed by atoms with Crippen LogP contribution in [0.3, 0.4) is 0 Å². The van der Waals surface area contributed by atoms with E-state index in [4.69, 9.17) is 13.9 Å². The first-order valence-corrected chi connectivity index (χ1v) is 9.65. The molecule has 0 spiro atoms. The lowest BCUT2D eigenvalue weighted by molar-refractivity contribution is -0.277. The summed E-state index contributed by atoms with van der Waals surface area (Å²) in [6.07, 6.45) is -8.44. The second kappa shape index (κ2) is 8.42. The fraction of sp³-hybridized carbons (Fsp3) is 0.286. The Morgan fingerprint density at radius 1 is 0.879 bits per heavy atom. The monoisotopic (exact) mass is 464 g/mol. The van der Waals surface area contributed by atoms with Gasteiger partial charge in [0.15, 0.2) is 28.8 Å². The van der Waals surface area contributed by atoms with E-state index >= 15 is 0 Å². The van der Waals surface area contributed by atoms with Crippen LogP contribution in [0.1, 0.15) is 0 Å². The summed E-state index contributed by atoms with van der Waals surface area (Å²) in [6, 6.07) is 5.73. The van der Waals surface area contributed by atoms with Gasteiger partial charge in [-0.1, -0.05) is 0 Å². The first-order valence-electron chi connectivity index (χ1n) is 9.65. The number of fused-ring (bicyclic) bond motifs is 1. The van der Waals surface area contributed by atoms with Gasteiger partial charge in [0, 0.05) is 5.56 Å². The minimum atomic E-state index is -1.86. The third-order valence-corrected chi connectivity index (χ3v) is 5.29. The van der Waals surface area contributed by atoms with Crippen molar-refractivity contribution >= 4 is 11.0 Å². The zero-order chi connectivity index (χ0) is 24.0. The van der Waals surface area contributed by atoms with Gasteiger partial charge in [-0.3, -0.25) is 4.79 Å². The molecule has 1 aromatic heterocycles. The number of hydrogen-bond acceptors (Lipinski definition) is 12. The van der Waals surface area contributed by atoms with Crippen LogP contribution in [0, 0.1) is 0 Å². The molecule has 1 fully saturated rings. The largest absolute Gasteiger partial charge is 0.504 e. The van der Waals surface area contributed by atoms with Crippen LogP contribution in [0.2, 0.25) is 0 Å². The Labute approximate surface area is 184 Å². The lowest BCUT2D eigenvalue weighted by Crippen LogP contribution is -2.60. The number of benzene rings is 2. The van der Waals surface area contributed by atoms with Crippen molar-refractivity contribution in [3.63, 3.8) is 0 Å². The maximum absolute atomic E-state index is 13.3. The molecule has 4 rings (SSSR count). The summed E-state index contributed by atoms with van der Waals surface area (Å²) in [5.41, 5.74) is -1.14. The lowest BCUT2D eigenvalue weighted by Gasteiger charge is -2.39. The topological polar surface area (TPSA) is 211 Å². The quantitative estimate of drug-likeness (QED) is 0.229. The molecule has 12 heteroatoms. The fourth-order valence-electron chi connectivity index (χ4n) is 3.48. The summed E-state index contributed by atoms with van der Waals surface area (Å²) in [7, 11) is 0. The fourth-order valence-corrected chi connectivity index (χ4v) is 3.48. The third-order valence-electron chi connectivity index (χ3n) is 5.29. The second-order valence-corrected chi connectivity index (χ2v) is 7.41. The van der Waals surface area contributed by atoms with Crippen LogP contribution in [0.5, 0.6) is 28.7 Å². The van der Waals surface area contributed by atoms with Crippen molar-refractivity contribution in [3.05, 3.63) is 40.6 Å². The molecule has 0 radical (unpaired) electrons. The molecule has 1 aliphatic heterocycles. The summed E-state index contributed by atoms with van der Waals surface area (Å²) in [5.74, 6) is -3.41. The van der Waals surface area contributed by atoms with Crippen LogP contribution in [0.25, 0.3) is 22.3 Å². The number of phenols is 4. The molecular weight excluding hydrogens is 444 g/mol. The van der Waals surface area contributed by atoms with Gasteiger partial charge in [-0.15, -0.1) is 0 Å². The van der Waals surface area contributed by atoms with Crippen LogP contribution in [0.15, 0.2) is 39.5 Å². The van der Waals surface area contributed by atoms with E-state index in [2.05, 4.69) is 0 Å². The van der Waals surface area contributed by atoms with Gasteiger partial charge >= 0.3 is 0 Å². The highest BCUT2D eigenvalue weighted by Crippen LogP contribution is 2.40. The van der Waals surface area contributed by atoms with Gasteiger partial charge < -0.3 is 54.7 Å². The Morgan fingerprint density at radius 3 is 2.24 bits per heavy atom. The van der Waals surface area contributed by atoms with Gasteiger partial charge in [-0.05, 0) is 30.3 Å². The van der Waals surface area contributed by atoms with E-state index in [0.717, 1.165) is 18.2 Å². The summed E-state index contributed by atoms with van der Waals surface area (Å²) >= 11 is 0. The Bertz CT molecular complexity index is 1250. The van der Waals surface area contributed by atoms with Crippen molar-refractivity contribution in [2.45, 2.75) is 30.7 Å². The van der Waals surface area contributed by atoms with Crippen molar-refractivity contribution in [1.29, 1.82) is 0 Å². The van der Waals surface area contributed by atoms with Gasteiger partial charge in [0.25, 0.3) is 0 Å². The van der Waals surface area contributed by atoms with E-state index in [9.17, 15) is 45.6 Å². The van der Waals surface area contributed by atoms with E-state index < -0.39 is 76.9 Å². The number of hydrogen-bond donors (Lipinski definition) is 8. The number of rotatable bonds is 4. The molecule has 1 saturated heterocycles. The van der Waals surface area contributed by atoms with Gasteiger partial charge in [-0.25, -0.2) is 0 Å². The van der Waals surface area contributed by atoms with Gasteiger partial charge in [0.2, 0.25) is 17.5 Å². The van der Waals surface area contributed by atoms with Crippen molar-refractivity contribution in [3.8, 4) is 40.1 Å². The maximum atomic E-state index is 13.3. The zero-order valence-corrected chi connectivity index (χ0v) is 16.7. The Morgan fingerprint density at radius 2 is 1.58 bits per heavy atom. The smallest absolute Gasteiger partial charge is 0.239 e. The zero-order valence-electron chi connectivity index (χ0n) is 16.7. The van der Waals surface area contributed by atoms with Gasteiger partial charge in [-0.2, -0.15) is 0 Å². The highest BCUT2D eigenvalue weighted by molar-refractivity contribution is 5.89. The summed E-state index contributed by atoms with van der Waals surface area (Å²) in [5, 5.41) is 78.6. The Kier molecular flexibility index (Phi) is 5.78. The number of phenolic OH excluding ortho intramolecular Hbond substituents is 4. The first kappa shape index (κ1) is 22.6. The van der Waals surface area contributed by atoms with E-state index in [1.165, 1.54) is 12.1 Å². The minimum Gasteiger partial charge on any atom is -0.504 e. The predicted octanol–water partition coefficient (Wildman–Crippen LogP) is -0.539.